The lowest BCUT2D eigenvalue weighted by Crippen LogP contribution is -1.88. The summed E-state index contributed by atoms with van der Waals surface area (Å²) >= 11 is 0. The molecule has 0 aliphatic heterocycles. The standard InChI is InChI=1S/C14H14N/c1-3-12-6-4-5-7-14(12)13-9-8-11(2)15-10-13/h4-5,7-10H,3H2,1-2H3. The molecule has 1 aromatic heterocycles. The molecule has 0 aliphatic carbocycles. The minimum Gasteiger partial charge on any atom is -0.261 e. The minimum absolute atomic E-state index is 1.00. The number of hydrogen-bond donors (Lipinski definition) is 0. The number of benzene rings is 1. The highest BCUT2D eigenvalue weighted by Crippen LogP contribution is 2.22. The predicted octanol–water partition coefficient (Wildman–Crippen LogP) is 3.42. The van der Waals surface area contributed by atoms with Gasteiger partial charge in [-0.25, -0.2) is 0 Å². The molecule has 1 radical (unpaired) electrons. The molecule has 1 heteroatoms. The Morgan fingerprint density at radius 1 is 1.27 bits per heavy atom. The van der Waals surface area contributed by atoms with E-state index >= 15 is 0 Å². The van der Waals surface area contributed by atoms with Gasteiger partial charge in [-0.2, -0.15) is 0 Å². The Morgan fingerprint density at radius 2 is 2.13 bits per heavy atom. The van der Waals surface area contributed by atoms with Crippen molar-refractivity contribution in [1.82, 2.24) is 4.98 Å². The zero-order valence-corrected chi connectivity index (χ0v) is 9.12. The van der Waals surface area contributed by atoms with Crippen molar-refractivity contribution < 1.29 is 0 Å². The van der Waals surface area contributed by atoms with Gasteiger partial charge < -0.3 is 0 Å². The van der Waals surface area contributed by atoms with Crippen LogP contribution in [-0.4, -0.2) is 4.98 Å². The predicted molar refractivity (Wildman–Crippen MR) is 62.6 cm³/mol. The highest BCUT2D eigenvalue weighted by Gasteiger charge is 2.02. The first kappa shape index (κ1) is 9.91. The Labute approximate surface area is 90.8 Å². The normalized spacial score (nSPS) is 10.3. The van der Waals surface area contributed by atoms with Crippen molar-refractivity contribution in [3.8, 4) is 11.1 Å². The van der Waals surface area contributed by atoms with Gasteiger partial charge in [-0.15, -0.1) is 0 Å². The third-order valence-electron chi connectivity index (χ3n) is 2.52. The quantitative estimate of drug-likeness (QED) is 0.717. The average Bonchev–Trinajstić information content (AvgIpc) is 2.30. The Balaban J connectivity index is 2.49. The van der Waals surface area contributed by atoms with Crippen LogP contribution in [0.25, 0.3) is 11.1 Å². The molecule has 0 aliphatic rings. The summed E-state index contributed by atoms with van der Waals surface area (Å²) in [5, 5.41) is 0. The van der Waals surface area contributed by atoms with Crippen molar-refractivity contribution in [2.24, 2.45) is 0 Å². The highest BCUT2D eigenvalue weighted by molar-refractivity contribution is 5.66. The van der Waals surface area contributed by atoms with Crippen molar-refractivity contribution in [2.45, 2.75) is 20.3 Å². The van der Waals surface area contributed by atoms with Gasteiger partial charge in [0.15, 0.2) is 0 Å². The fourth-order valence-corrected chi connectivity index (χ4v) is 1.66. The van der Waals surface area contributed by atoms with Crippen LogP contribution in [0.15, 0.2) is 36.5 Å². The van der Waals surface area contributed by atoms with E-state index in [2.05, 4.69) is 30.1 Å². The molecule has 0 saturated carbocycles. The van der Waals surface area contributed by atoms with Crippen molar-refractivity contribution in [3.63, 3.8) is 0 Å². The van der Waals surface area contributed by atoms with E-state index in [0.717, 1.165) is 12.1 Å². The Kier molecular flexibility index (Phi) is 2.82. The van der Waals surface area contributed by atoms with E-state index in [1.807, 2.05) is 31.3 Å². The molecule has 75 valence electrons. The van der Waals surface area contributed by atoms with Crippen LogP contribution in [0.4, 0.5) is 0 Å². The van der Waals surface area contributed by atoms with Crippen molar-refractivity contribution >= 4 is 0 Å². The van der Waals surface area contributed by atoms with Gasteiger partial charge in [-0.1, -0.05) is 31.2 Å². The average molecular weight is 196 g/mol. The molecular formula is C14H14N. The van der Waals surface area contributed by atoms with Crippen LogP contribution < -0.4 is 0 Å². The lowest BCUT2D eigenvalue weighted by Gasteiger charge is -2.06. The maximum absolute atomic E-state index is 4.32. The number of nitrogens with zero attached hydrogens (tertiary/aromatic N) is 1. The third kappa shape index (κ3) is 2.07. The van der Waals surface area contributed by atoms with E-state index < -0.39 is 0 Å². The maximum Gasteiger partial charge on any atom is 0.0373 e. The molecule has 2 aromatic rings. The van der Waals surface area contributed by atoms with Gasteiger partial charge in [-0.3, -0.25) is 4.98 Å². The maximum atomic E-state index is 4.32. The second kappa shape index (κ2) is 4.26. The Bertz CT molecular complexity index is 443. The minimum atomic E-state index is 1.00. The van der Waals surface area contributed by atoms with Crippen molar-refractivity contribution in [1.29, 1.82) is 0 Å². The van der Waals surface area contributed by atoms with Crippen LogP contribution in [-0.2, 0) is 6.42 Å². The van der Waals surface area contributed by atoms with E-state index in [-0.39, 0.29) is 0 Å². The van der Waals surface area contributed by atoms with Crippen LogP contribution in [0.5, 0.6) is 0 Å². The molecule has 1 aromatic carbocycles. The van der Waals surface area contributed by atoms with Crippen LogP contribution in [0, 0.1) is 13.0 Å². The number of hydrogen-bond acceptors (Lipinski definition) is 1. The summed E-state index contributed by atoms with van der Waals surface area (Å²) < 4.78 is 0. The topological polar surface area (TPSA) is 12.9 Å². The van der Waals surface area contributed by atoms with Crippen molar-refractivity contribution in [2.75, 3.05) is 0 Å². The molecule has 0 bridgehead atoms. The third-order valence-corrected chi connectivity index (χ3v) is 2.52. The van der Waals surface area contributed by atoms with Crippen LogP contribution in [0.3, 0.4) is 0 Å². The number of aryl methyl sites for hydroxylation is 2. The zero-order chi connectivity index (χ0) is 10.7. The second-order valence-electron chi connectivity index (χ2n) is 3.60. The number of rotatable bonds is 2. The first-order chi connectivity index (χ1) is 7.31. The van der Waals surface area contributed by atoms with E-state index in [0.29, 0.717) is 0 Å². The lowest BCUT2D eigenvalue weighted by molar-refractivity contribution is 1.13. The second-order valence-corrected chi connectivity index (χ2v) is 3.60. The molecule has 1 nitrogen and oxygen atoms in total. The Morgan fingerprint density at radius 3 is 2.80 bits per heavy atom. The van der Waals surface area contributed by atoms with Gasteiger partial charge in [-0.05, 0) is 36.6 Å². The summed E-state index contributed by atoms with van der Waals surface area (Å²) in [6.45, 7) is 4.15. The molecule has 1 heterocycles. The molecule has 0 amide bonds. The largest absolute Gasteiger partial charge is 0.261 e. The highest BCUT2D eigenvalue weighted by atomic mass is 14.7. The molecule has 0 spiro atoms. The van der Waals surface area contributed by atoms with E-state index in [9.17, 15) is 0 Å². The summed E-state index contributed by atoms with van der Waals surface area (Å²) in [7, 11) is 0. The van der Waals surface area contributed by atoms with Crippen LogP contribution >= 0.6 is 0 Å². The summed E-state index contributed by atoms with van der Waals surface area (Å²) in [4.78, 5) is 4.32. The fraction of sp³-hybridized carbons (Fsp3) is 0.214. The molecule has 15 heavy (non-hydrogen) atoms. The van der Waals surface area contributed by atoms with Crippen molar-refractivity contribution in [3.05, 3.63) is 53.9 Å². The molecule has 0 unspecified atom stereocenters. The van der Waals surface area contributed by atoms with Gasteiger partial charge in [0, 0.05) is 17.5 Å². The molecule has 0 saturated heterocycles. The summed E-state index contributed by atoms with van der Waals surface area (Å²) in [5.41, 5.74) is 4.72. The smallest absolute Gasteiger partial charge is 0.0373 e. The van der Waals surface area contributed by atoms with E-state index in [1.165, 1.54) is 16.7 Å². The van der Waals surface area contributed by atoms with E-state index in [1.54, 1.807) is 0 Å². The van der Waals surface area contributed by atoms with Gasteiger partial charge in [0.1, 0.15) is 0 Å². The summed E-state index contributed by atoms with van der Waals surface area (Å²) in [6.07, 6.45) is 2.93. The molecule has 0 atom stereocenters. The lowest BCUT2D eigenvalue weighted by atomic mass is 9.99. The zero-order valence-electron chi connectivity index (χ0n) is 9.12. The number of pyridine rings is 1. The molecule has 0 N–H and O–H groups in total. The SMILES string of the molecule is CCc1[c]cccc1-c1ccc(C)nc1. The molecule has 2 rings (SSSR count). The Hall–Kier alpha value is -1.63. The van der Waals surface area contributed by atoms with Gasteiger partial charge in [0.2, 0.25) is 0 Å². The van der Waals surface area contributed by atoms with Gasteiger partial charge >= 0.3 is 0 Å². The fourth-order valence-electron chi connectivity index (χ4n) is 1.66. The number of aromatic nitrogens is 1. The van der Waals surface area contributed by atoms with Gasteiger partial charge in [0.05, 0.1) is 0 Å². The molecular weight excluding hydrogens is 182 g/mol. The first-order valence-corrected chi connectivity index (χ1v) is 5.24. The van der Waals surface area contributed by atoms with Gasteiger partial charge in [0.25, 0.3) is 0 Å². The van der Waals surface area contributed by atoms with E-state index in [4.69, 9.17) is 0 Å². The summed E-state index contributed by atoms with van der Waals surface area (Å²) in [6, 6.07) is 13.5. The van der Waals surface area contributed by atoms with Crippen LogP contribution in [0.1, 0.15) is 18.2 Å². The van der Waals surface area contributed by atoms with Crippen LogP contribution in [0.2, 0.25) is 0 Å². The molecule has 0 fully saturated rings. The summed E-state index contributed by atoms with van der Waals surface area (Å²) in [5.74, 6) is 0. The monoisotopic (exact) mass is 196 g/mol. The first-order valence-electron chi connectivity index (χ1n) is 5.24.